The van der Waals surface area contributed by atoms with E-state index in [1.807, 2.05) is 18.7 Å². The Kier molecular flexibility index (Phi) is 5.39. The lowest BCUT2D eigenvalue weighted by atomic mass is 9.89. The number of terminal acetylenes is 1. The molecule has 1 heterocycles. The molecule has 1 amide bonds. The molecule has 19 heavy (non-hydrogen) atoms. The molecular weight excluding hydrogens is 240 g/mol. The summed E-state index contributed by atoms with van der Waals surface area (Å²) in [6.07, 6.45) is 8.73. The number of β-amino-alcohol motifs (C(OH)–C–C–N with tert-alkyl or cyclic N) is 1. The van der Waals surface area contributed by atoms with Crippen molar-refractivity contribution in [2.75, 3.05) is 19.6 Å². The van der Waals surface area contributed by atoms with Gasteiger partial charge >= 0.3 is 0 Å². The van der Waals surface area contributed by atoms with Crippen LogP contribution in [0.1, 0.15) is 46.5 Å². The molecule has 0 saturated carbocycles. The number of aliphatic hydroxyl groups is 1. The first-order chi connectivity index (χ1) is 8.92. The summed E-state index contributed by atoms with van der Waals surface area (Å²) in [7, 11) is 0. The summed E-state index contributed by atoms with van der Waals surface area (Å²) in [5, 5.41) is 13.0. The maximum atomic E-state index is 12.0. The van der Waals surface area contributed by atoms with Crippen molar-refractivity contribution < 1.29 is 9.90 Å². The molecule has 0 aromatic carbocycles. The second-order valence-electron chi connectivity index (χ2n) is 5.60. The van der Waals surface area contributed by atoms with Gasteiger partial charge in [-0.1, -0.05) is 33.1 Å². The summed E-state index contributed by atoms with van der Waals surface area (Å²) in [6, 6.07) is 0. The topological polar surface area (TPSA) is 52.6 Å². The highest BCUT2D eigenvalue weighted by Crippen LogP contribution is 2.25. The number of nitrogens with one attached hydrogen (secondary N) is 1. The largest absolute Gasteiger partial charge is 0.387 e. The van der Waals surface area contributed by atoms with Crippen LogP contribution in [-0.2, 0) is 4.79 Å². The molecule has 2 N–H and O–H groups in total. The number of nitrogens with zero attached hydrogens (tertiary/aromatic N) is 1. The summed E-state index contributed by atoms with van der Waals surface area (Å²) < 4.78 is 0. The lowest BCUT2D eigenvalue weighted by Gasteiger charge is -2.46. The zero-order valence-corrected chi connectivity index (χ0v) is 12.3. The third kappa shape index (κ3) is 3.95. The summed E-state index contributed by atoms with van der Waals surface area (Å²) in [5.74, 6) is 2.64. The van der Waals surface area contributed by atoms with Gasteiger partial charge in [0.15, 0.2) is 0 Å². The minimum atomic E-state index is -0.590. The molecule has 1 rings (SSSR count). The average molecular weight is 266 g/mol. The van der Waals surface area contributed by atoms with Crippen LogP contribution in [-0.4, -0.2) is 46.7 Å². The molecule has 0 aromatic rings. The number of carbonyl (C=O) groups is 1. The standard InChI is InChI=1S/C15H26N2O2/c1-5-9-15(19)11-17(12-15)10-13(18)16-14(6-2,7-3)8-4/h2,19H,5,7-12H2,1,3-4H3,(H,16,18). The molecule has 0 unspecified atom stereocenters. The molecule has 0 spiro atoms. The van der Waals surface area contributed by atoms with Gasteiger partial charge in [0.05, 0.1) is 12.1 Å². The number of hydrogen-bond acceptors (Lipinski definition) is 3. The zero-order valence-electron chi connectivity index (χ0n) is 12.3. The Bertz CT molecular complexity index is 350. The highest BCUT2D eigenvalue weighted by molar-refractivity contribution is 5.79. The number of carbonyl (C=O) groups excluding carboxylic acids is 1. The summed E-state index contributed by atoms with van der Waals surface area (Å²) in [4.78, 5) is 13.9. The van der Waals surface area contributed by atoms with Crippen molar-refractivity contribution in [2.45, 2.75) is 57.6 Å². The minimum absolute atomic E-state index is 0.0554. The fraction of sp³-hybridized carbons (Fsp3) is 0.800. The van der Waals surface area contributed by atoms with Gasteiger partial charge in [-0.2, -0.15) is 0 Å². The van der Waals surface area contributed by atoms with Gasteiger partial charge in [-0.3, -0.25) is 9.69 Å². The van der Waals surface area contributed by atoms with E-state index >= 15 is 0 Å². The van der Waals surface area contributed by atoms with E-state index in [-0.39, 0.29) is 5.91 Å². The Morgan fingerprint density at radius 3 is 2.42 bits per heavy atom. The molecular formula is C15H26N2O2. The van der Waals surface area contributed by atoms with Gasteiger partial charge in [0.2, 0.25) is 5.91 Å². The molecule has 0 radical (unpaired) electrons. The lowest BCUT2D eigenvalue weighted by molar-refractivity contribution is -0.134. The van der Waals surface area contributed by atoms with Crippen LogP contribution in [0.15, 0.2) is 0 Å². The highest BCUT2D eigenvalue weighted by atomic mass is 16.3. The Hall–Kier alpha value is -1.05. The molecule has 1 aliphatic heterocycles. The molecule has 0 atom stereocenters. The molecule has 108 valence electrons. The Morgan fingerprint density at radius 2 is 2.00 bits per heavy atom. The maximum absolute atomic E-state index is 12.0. The predicted octanol–water partition coefficient (Wildman–Crippen LogP) is 1.14. The predicted molar refractivity (Wildman–Crippen MR) is 76.6 cm³/mol. The van der Waals surface area contributed by atoms with Crippen molar-refractivity contribution in [2.24, 2.45) is 0 Å². The van der Waals surface area contributed by atoms with Crippen LogP contribution in [0, 0.1) is 12.3 Å². The Labute approximate surface area is 116 Å². The first-order valence-corrected chi connectivity index (χ1v) is 7.16. The van der Waals surface area contributed by atoms with Crippen molar-refractivity contribution in [3.63, 3.8) is 0 Å². The van der Waals surface area contributed by atoms with Crippen LogP contribution >= 0.6 is 0 Å². The van der Waals surface area contributed by atoms with Gasteiger partial charge in [-0.05, 0) is 19.3 Å². The molecule has 1 saturated heterocycles. The summed E-state index contributed by atoms with van der Waals surface area (Å²) in [5.41, 5.74) is -1.12. The minimum Gasteiger partial charge on any atom is -0.387 e. The van der Waals surface area contributed by atoms with Crippen LogP contribution in [0.3, 0.4) is 0 Å². The van der Waals surface area contributed by atoms with E-state index in [0.717, 1.165) is 25.7 Å². The van der Waals surface area contributed by atoms with Gasteiger partial charge in [0.25, 0.3) is 0 Å². The van der Waals surface area contributed by atoms with E-state index in [4.69, 9.17) is 6.42 Å². The van der Waals surface area contributed by atoms with Crippen LogP contribution in [0.25, 0.3) is 0 Å². The van der Waals surface area contributed by atoms with Gasteiger partial charge < -0.3 is 10.4 Å². The quantitative estimate of drug-likeness (QED) is 0.680. The van der Waals surface area contributed by atoms with E-state index in [0.29, 0.717) is 19.6 Å². The van der Waals surface area contributed by atoms with Crippen LogP contribution in [0.5, 0.6) is 0 Å². The van der Waals surface area contributed by atoms with E-state index in [1.54, 1.807) is 0 Å². The van der Waals surface area contributed by atoms with E-state index in [9.17, 15) is 9.90 Å². The van der Waals surface area contributed by atoms with Gasteiger partial charge in [-0.15, -0.1) is 6.42 Å². The average Bonchev–Trinajstić information content (AvgIpc) is 2.34. The highest BCUT2D eigenvalue weighted by Gasteiger charge is 2.41. The van der Waals surface area contributed by atoms with Crippen molar-refractivity contribution in [1.29, 1.82) is 0 Å². The fourth-order valence-corrected chi connectivity index (χ4v) is 2.70. The SMILES string of the molecule is C#CC(CC)(CC)NC(=O)CN1CC(O)(CCC)C1. The second-order valence-corrected chi connectivity index (χ2v) is 5.60. The Balaban J connectivity index is 2.40. The van der Waals surface area contributed by atoms with Crippen molar-refractivity contribution in [1.82, 2.24) is 10.2 Å². The normalized spacial score (nSPS) is 18.5. The van der Waals surface area contributed by atoms with E-state index in [1.165, 1.54) is 0 Å². The molecule has 0 aliphatic carbocycles. The summed E-state index contributed by atoms with van der Waals surface area (Å²) >= 11 is 0. The number of hydrogen-bond donors (Lipinski definition) is 2. The monoisotopic (exact) mass is 266 g/mol. The number of rotatable bonds is 7. The summed E-state index contributed by atoms with van der Waals surface area (Å²) in [6.45, 7) is 7.48. The second kappa shape index (κ2) is 6.40. The van der Waals surface area contributed by atoms with Crippen molar-refractivity contribution in [3.8, 4) is 12.3 Å². The maximum Gasteiger partial charge on any atom is 0.235 e. The first-order valence-electron chi connectivity index (χ1n) is 7.16. The van der Waals surface area contributed by atoms with E-state index in [2.05, 4.69) is 18.2 Å². The molecule has 4 nitrogen and oxygen atoms in total. The van der Waals surface area contributed by atoms with Crippen LogP contribution in [0.2, 0.25) is 0 Å². The third-order valence-corrected chi connectivity index (χ3v) is 3.98. The molecule has 1 aliphatic rings. The zero-order chi connectivity index (χ0) is 14.5. The first kappa shape index (κ1) is 16.0. The van der Waals surface area contributed by atoms with Crippen LogP contribution < -0.4 is 5.32 Å². The fourth-order valence-electron chi connectivity index (χ4n) is 2.70. The molecule has 0 bridgehead atoms. The third-order valence-electron chi connectivity index (χ3n) is 3.98. The molecule has 1 fully saturated rings. The van der Waals surface area contributed by atoms with Gasteiger partial charge in [-0.25, -0.2) is 0 Å². The molecule has 4 heteroatoms. The number of amides is 1. The molecule has 0 aromatic heterocycles. The van der Waals surface area contributed by atoms with Crippen molar-refractivity contribution >= 4 is 5.91 Å². The van der Waals surface area contributed by atoms with Crippen molar-refractivity contribution in [3.05, 3.63) is 0 Å². The lowest BCUT2D eigenvalue weighted by Crippen LogP contribution is -2.64. The Morgan fingerprint density at radius 1 is 1.42 bits per heavy atom. The smallest absolute Gasteiger partial charge is 0.235 e. The van der Waals surface area contributed by atoms with Gasteiger partial charge in [0.1, 0.15) is 5.54 Å². The number of likely N-dealkylation sites (tertiary alicyclic amines) is 1. The van der Waals surface area contributed by atoms with Gasteiger partial charge in [0, 0.05) is 13.1 Å². The van der Waals surface area contributed by atoms with Crippen LogP contribution in [0.4, 0.5) is 0 Å². The van der Waals surface area contributed by atoms with E-state index < -0.39 is 11.1 Å².